The third kappa shape index (κ3) is 5.31. The van der Waals surface area contributed by atoms with Gasteiger partial charge >= 0.3 is 5.97 Å². The zero-order valence-corrected chi connectivity index (χ0v) is 16.9. The number of aliphatic imine (C=N–C) groups is 1. The minimum absolute atomic E-state index is 0.254. The lowest BCUT2D eigenvalue weighted by Gasteiger charge is -2.41. The molecular weight excluding hydrogens is 364 g/mol. The van der Waals surface area contributed by atoms with Crippen molar-refractivity contribution < 1.29 is 19.0 Å². The van der Waals surface area contributed by atoms with Gasteiger partial charge < -0.3 is 14.2 Å². The molecule has 3 rings (SSSR count). The highest BCUT2D eigenvalue weighted by molar-refractivity contribution is 7.79. The monoisotopic (exact) mass is 392 g/mol. The lowest BCUT2D eigenvalue weighted by atomic mass is 9.89. The molecule has 1 aromatic carbocycles. The van der Waals surface area contributed by atoms with Crippen LogP contribution in [0.4, 0.5) is 0 Å². The summed E-state index contributed by atoms with van der Waals surface area (Å²) < 4.78 is 15.7. The quantitative estimate of drug-likeness (QED) is 0.241. The molecule has 0 amide bonds. The molecule has 1 atom stereocenters. The van der Waals surface area contributed by atoms with Crippen molar-refractivity contribution >= 4 is 24.3 Å². The Hall–Kier alpha value is -1.41. The predicted molar refractivity (Wildman–Crippen MR) is 108 cm³/mol. The SMILES string of the molecule is CC(C)(C(=NCCOC(=O)C1CO1)c1ccc(CS)cc1)N1CCOCC1. The van der Waals surface area contributed by atoms with Gasteiger partial charge in [-0.2, -0.15) is 12.6 Å². The van der Waals surface area contributed by atoms with Crippen LogP contribution in [0.2, 0.25) is 0 Å². The highest BCUT2D eigenvalue weighted by Gasteiger charge is 2.35. The fourth-order valence-electron chi connectivity index (χ4n) is 3.26. The lowest BCUT2D eigenvalue weighted by Crippen LogP contribution is -2.54. The van der Waals surface area contributed by atoms with Gasteiger partial charge in [0.05, 0.1) is 37.6 Å². The van der Waals surface area contributed by atoms with E-state index in [2.05, 4.69) is 55.6 Å². The van der Waals surface area contributed by atoms with Gasteiger partial charge in [0, 0.05) is 18.8 Å². The highest BCUT2D eigenvalue weighted by atomic mass is 32.1. The molecule has 7 heteroatoms. The van der Waals surface area contributed by atoms with Crippen LogP contribution in [0.1, 0.15) is 25.0 Å². The topological polar surface area (TPSA) is 63.7 Å². The smallest absolute Gasteiger partial charge is 0.337 e. The zero-order valence-electron chi connectivity index (χ0n) is 16.0. The summed E-state index contributed by atoms with van der Waals surface area (Å²) in [7, 11) is 0. The van der Waals surface area contributed by atoms with Gasteiger partial charge in [-0.15, -0.1) is 0 Å². The molecule has 0 spiro atoms. The van der Waals surface area contributed by atoms with Crippen LogP contribution in [0, 0.1) is 0 Å². The number of benzene rings is 1. The number of hydrogen-bond acceptors (Lipinski definition) is 7. The number of rotatable bonds is 8. The molecule has 27 heavy (non-hydrogen) atoms. The molecule has 2 fully saturated rings. The largest absolute Gasteiger partial charge is 0.462 e. The Morgan fingerprint density at radius 1 is 1.30 bits per heavy atom. The van der Waals surface area contributed by atoms with Crippen molar-refractivity contribution in [2.24, 2.45) is 4.99 Å². The summed E-state index contributed by atoms with van der Waals surface area (Å²) in [6.45, 7) is 8.73. The van der Waals surface area contributed by atoms with Crippen molar-refractivity contribution in [1.29, 1.82) is 0 Å². The number of nitrogens with zero attached hydrogens (tertiary/aromatic N) is 2. The summed E-state index contributed by atoms with van der Waals surface area (Å²) in [5, 5.41) is 0. The number of carbonyl (C=O) groups excluding carboxylic acids is 1. The summed E-state index contributed by atoms with van der Waals surface area (Å²) in [6, 6.07) is 8.35. The third-order valence-corrected chi connectivity index (χ3v) is 5.36. The van der Waals surface area contributed by atoms with Crippen molar-refractivity contribution in [1.82, 2.24) is 4.90 Å². The first-order chi connectivity index (χ1) is 13.0. The second-order valence-electron chi connectivity index (χ2n) is 7.23. The molecule has 0 radical (unpaired) electrons. The van der Waals surface area contributed by atoms with E-state index in [1.54, 1.807) is 0 Å². The molecule has 2 aliphatic heterocycles. The Labute approximate surface area is 166 Å². The first kappa shape index (κ1) is 20.3. The summed E-state index contributed by atoms with van der Waals surface area (Å²) in [5.74, 6) is 0.413. The first-order valence-electron chi connectivity index (χ1n) is 9.38. The maximum absolute atomic E-state index is 11.6. The van der Waals surface area contributed by atoms with Gasteiger partial charge in [0.1, 0.15) is 6.61 Å². The zero-order chi connectivity index (χ0) is 19.3. The summed E-state index contributed by atoms with van der Waals surface area (Å²) >= 11 is 4.33. The van der Waals surface area contributed by atoms with E-state index in [4.69, 9.17) is 19.2 Å². The van der Waals surface area contributed by atoms with Crippen LogP contribution in [-0.2, 0) is 24.8 Å². The Morgan fingerprint density at radius 2 is 1.96 bits per heavy atom. The van der Waals surface area contributed by atoms with Gasteiger partial charge in [0.15, 0.2) is 6.10 Å². The molecule has 0 bridgehead atoms. The standard InChI is InChI=1S/C20H28N2O4S/c1-20(2,22-8-11-24-12-9-22)18(16-5-3-15(14-27)4-6-16)21-7-10-25-19(23)17-13-26-17/h3-6,17,27H,7-14H2,1-2H3. The molecule has 0 aromatic heterocycles. The van der Waals surface area contributed by atoms with Gasteiger partial charge in [-0.25, -0.2) is 4.79 Å². The van der Waals surface area contributed by atoms with Crippen molar-refractivity contribution in [2.45, 2.75) is 31.2 Å². The molecule has 1 unspecified atom stereocenters. The van der Waals surface area contributed by atoms with E-state index in [0.29, 0.717) is 18.9 Å². The molecule has 2 heterocycles. The number of ether oxygens (including phenoxy) is 3. The fraction of sp³-hybridized carbons (Fsp3) is 0.600. The lowest BCUT2D eigenvalue weighted by molar-refractivity contribution is -0.144. The van der Waals surface area contributed by atoms with Crippen molar-refractivity contribution in [3.05, 3.63) is 35.4 Å². The van der Waals surface area contributed by atoms with Crippen LogP contribution in [0.5, 0.6) is 0 Å². The fourth-order valence-corrected chi connectivity index (χ4v) is 3.47. The molecule has 0 saturated carbocycles. The number of carbonyl (C=O) groups is 1. The Morgan fingerprint density at radius 3 is 2.56 bits per heavy atom. The third-order valence-electron chi connectivity index (χ3n) is 4.99. The second kappa shape index (κ2) is 9.19. The summed E-state index contributed by atoms with van der Waals surface area (Å²) in [6.07, 6.45) is -0.369. The van der Waals surface area contributed by atoms with Crippen LogP contribution in [0.15, 0.2) is 29.3 Å². The number of esters is 1. The normalized spacial score (nSPS) is 21.1. The Balaban J connectivity index is 1.75. The molecule has 0 aliphatic carbocycles. The van der Waals surface area contributed by atoms with E-state index in [0.717, 1.165) is 37.6 Å². The van der Waals surface area contributed by atoms with Gasteiger partial charge in [0.2, 0.25) is 0 Å². The van der Waals surface area contributed by atoms with Gasteiger partial charge in [-0.05, 0) is 25.0 Å². The van der Waals surface area contributed by atoms with E-state index in [1.807, 2.05) is 0 Å². The van der Waals surface area contributed by atoms with E-state index in [1.165, 1.54) is 5.56 Å². The van der Waals surface area contributed by atoms with Crippen molar-refractivity contribution in [3.8, 4) is 0 Å². The van der Waals surface area contributed by atoms with Gasteiger partial charge in [0.25, 0.3) is 0 Å². The average molecular weight is 393 g/mol. The molecular formula is C20H28N2O4S. The number of hydrogen-bond donors (Lipinski definition) is 1. The Bertz CT molecular complexity index is 665. The number of epoxide rings is 1. The summed E-state index contributed by atoms with van der Waals surface area (Å²) in [5.41, 5.74) is 2.99. The van der Waals surface area contributed by atoms with Crippen LogP contribution < -0.4 is 0 Å². The van der Waals surface area contributed by atoms with E-state index in [-0.39, 0.29) is 24.2 Å². The van der Waals surface area contributed by atoms with Gasteiger partial charge in [-0.3, -0.25) is 9.89 Å². The minimum atomic E-state index is -0.369. The molecule has 2 saturated heterocycles. The second-order valence-corrected chi connectivity index (χ2v) is 7.55. The maximum Gasteiger partial charge on any atom is 0.337 e. The van der Waals surface area contributed by atoms with E-state index in [9.17, 15) is 4.79 Å². The highest BCUT2D eigenvalue weighted by Crippen LogP contribution is 2.23. The van der Waals surface area contributed by atoms with Gasteiger partial charge in [-0.1, -0.05) is 24.3 Å². The molecule has 0 N–H and O–H groups in total. The molecule has 148 valence electrons. The van der Waals surface area contributed by atoms with E-state index >= 15 is 0 Å². The molecule has 2 aliphatic rings. The van der Waals surface area contributed by atoms with Crippen LogP contribution >= 0.6 is 12.6 Å². The van der Waals surface area contributed by atoms with Crippen molar-refractivity contribution in [2.75, 3.05) is 46.1 Å². The predicted octanol–water partition coefficient (Wildman–Crippen LogP) is 1.96. The minimum Gasteiger partial charge on any atom is -0.462 e. The van der Waals surface area contributed by atoms with E-state index < -0.39 is 0 Å². The molecule has 1 aromatic rings. The first-order valence-corrected chi connectivity index (χ1v) is 10.0. The maximum atomic E-state index is 11.6. The Kier molecular flexibility index (Phi) is 6.92. The molecule has 6 nitrogen and oxygen atoms in total. The van der Waals surface area contributed by atoms with Crippen molar-refractivity contribution in [3.63, 3.8) is 0 Å². The number of morpholine rings is 1. The van der Waals surface area contributed by atoms with Crippen LogP contribution in [0.3, 0.4) is 0 Å². The number of thiol groups is 1. The summed E-state index contributed by atoms with van der Waals surface area (Å²) in [4.78, 5) is 18.8. The van der Waals surface area contributed by atoms with Crippen LogP contribution in [-0.4, -0.2) is 74.3 Å². The average Bonchev–Trinajstić information content (AvgIpc) is 3.54. The van der Waals surface area contributed by atoms with Crippen LogP contribution in [0.25, 0.3) is 0 Å².